The highest BCUT2D eigenvalue weighted by Crippen LogP contribution is 2.30. The topological polar surface area (TPSA) is 68.1 Å². The molecule has 0 amide bonds. The van der Waals surface area contributed by atoms with Crippen molar-refractivity contribution in [2.75, 3.05) is 7.11 Å². The summed E-state index contributed by atoms with van der Waals surface area (Å²) < 4.78 is 4.74. The molecular weight excluding hydrogens is 276 g/mol. The molecule has 0 bridgehead atoms. The number of ether oxygens (including phenoxy) is 1. The Balaban J connectivity index is 2.15. The Hall–Kier alpha value is -2.59. The van der Waals surface area contributed by atoms with Crippen LogP contribution in [0.1, 0.15) is 28.9 Å². The lowest BCUT2D eigenvalue weighted by Crippen LogP contribution is -2.05. The lowest BCUT2D eigenvalue weighted by atomic mass is 9.96. The number of carbonyl (C=O) groups excluding carboxylic acids is 1. The number of rotatable bonds is 3. The summed E-state index contributed by atoms with van der Waals surface area (Å²) in [5.74, 6) is -0.351. The number of nitrogens with two attached hydrogens (primary N) is 1. The van der Waals surface area contributed by atoms with E-state index in [2.05, 4.69) is 29.2 Å². The van der Waals surface area contributed by atoms with Crippen LogP contribution in [-0.2, 0) is 4.74 Å². The molecule has 3 aromatic rings. The van der Waals surface area contributed by atoms with Gasteiger partial charge in [0.25, 0.3) is 0 Å². The SMILES string of the molecule is COC(=O)c1c[nH]c(-c2cc(C(C)N)c3ccccc3c2)c1. The van der Waals surface area contributed by atoms with Gasteiger partial charge in [0.15, 0.2) is 0 Å². The Morgan fingerprint density at radius 3 is 2.73 bits per heavy atom. The van der Waals surface area contributed by atoms with Crippen LogP contribution in [0.3, 0.4) is 0 Å². The van der Waals surface area contributed by atoms with Crippen molar-refractivity contribution in [2.24, 2.45) is 5.73 Å². The van der Waals surface area contributed by atoms with E-state index in [1.54, 1.807) is 12.3 Å². The van der Waals surface area contributed by atoms with Gasteiger partial charge in [-0.15, -0.1) is 0 Å². The predicted octanol–water partition coefficient (Wildman–Crippen LogP) is 3.64. The first-order chi connectivity index (χ1) is 10.6. The molecule has 0 fully saturated rings. The number of hydrogen-bond acceptors (Lipinski definition) is 3. The molecule has 1 heterocycles. The van der Waals surface area contributed by atoms with Crippen LogP contribution in [0.4, 0.5) is 0 Å². The van der Waals surface area contributed by atoms with Gasteiger partial charge in [0.05, 0.1) is 12.7 Å². The summed E-state index contributed by atoms with van der Waals surface area (Å²) in [5.41, 5.74) is 9.58. The summed E-state index contributed by atoms with van der Waals surface area (Å²) in [5, 5.41) is 2.28. The normalized spacial score (nSPS) is 12.3. The summed E-state index contributed by atoms with van der Waals surface area (Å²) in [4.78, 5) is 14.7. The van der Waals surface area contributed by atoms with Crippen molar-refractivity contribution in [1.29, 1.82) is 0 Å². The van der Waals surface area contributed by atoms with E-state index in [1.807, 2.05) is 19.1 Å². The van der Waals surface area contributed by atoms with Crippen molar-refractivity contribution in [1.82, 2.24) is 4.98 Å². The molecule has 0 saturated carbocycles. The van der Waals surface area contributed by atoms with Gasteiger partial charge in [-0.1, -0.05) is 24.3 Å². The molecule has 1 atom stereocenters. The highest BCUT2D eigenvalue weighted by Gasteiger charge is 2.12. The number of benzene rings is 2. The van der Waals surface area contributed by atoms with E-state index >= 15 is 0 Å². The average molecular weight is 294 g/mol. The molecule has 1 unspecified atom stereocenters. The lowest BCUT2D eigenvalue weighted by Gasteiger charge is -2.12. The van der Waals surface area contributed by atoms with Crippen LogP contribution < -0.4 is 5.73 Å². The van der Waals surface area contributed by atoms with Crippen LogP contribution in [-0.4, -0.2) is 18.1 Å². The van der Waals surface area contributed by atoms with Crippen molar-refractivity contribution in [2.45, 2.75) is 13.0 Å². The Labute approximate surface area is 128 Å². The monoisotopic (exact) mass is 294 g/mol. The van der Waals surface area contributed by atoms with Crippen molar-refractivity contribution < 1.29 is 9.53 Å². The second kappa shape index (κ2) is 5.66. The van der Waals surface area contributed by atoms with Gasteiger partial charge in [0, 0.05) is 17.9 Å². The fraction of sp³-hybridized carbons (Fsp3) is 0.167. The van der Waals surface area contributed by atoms with Gasteiger partial charge in [-0.3, -0.25) is 0 Å². The zero-order chi connectivity index (χ0) is 15.7. The summed E-state index contributed by atoms with van der Waals surface area (Å²) >= 11 is 0. The number of fused-ring (bicyclic) bond motifs is 1. The minimum atomic E-state index is -0.351. The van der Waals surface area contributed by atoms with Crippen LogP contribution in [0.25, 0.3) is 22.0 Å². The van der Waals surface area contributed by atoms with Crippen LogP contribution in [0.5, 0.6) is 0 Å². The molecule has 3 rings (SSSR count). The van der Waals surface area contributed by atoms with Crippen molar-refractivity contribution in [3.05, 3.63) is 59.8 Å². The van der Waals surface area contributed by atoms with Gasteiger partial charge in [-0.25, -0.2) is 4.79 Å². The molecule has 0 saturated heterocycles. The van der Waals surface area contributed by atoms with E-state index in [1.165, 1.54) is 7.11 Å². The maximum atomic E-state index is 11.6. The lowest BCUT2D eigenvalue weighted by molar-refractivity contribution is 0.0601. The van der Waals surface area contributed by atoms with Crippen LogP contribution in [0.15, 0.2) is 48.7 Å². The maximum Gasteiger partial charge on any atom is 0.339 e. The number of esters is 1. The number of hydrogen-bond donors (Lipinski definition) is 2. The summed E-state index contributed by atoms with van der Waals surface area (Å²) in [6.07, 6.45) is 1.65. The molecule has 3 N–H and O–H groups in total. The second-order valence-electron chi connectivity index (χ2n) is 5.37. The zero-order valence-electron chi connectivity index (χ0n) is 12.6. The molecule has 4 nitrogen and oxygen atoms in total. The van der Waals surface area contributed by atoms with E-state index in [4.69, 9.17) is 10.5 Å². The van der Waals surface area contributed by atoms with E-state index in [9.17, 15) is 4.79 Å². The third-order valence-corrected chi connectivity index (χ3v) is 3.80. The van der Waals surface area contributed by atoms with Crippen LogP contribution >= 0.6 is 0 Å². The van der Waals surface area contributed by atoms with Crippen molar-refractivity contribution in [3.63, 3.8) is 0 Å². The summed E-state index contributed by atoms with van der Waals surface area (Å²) in [6, 6.07) is 14.0. The fourth-order valence-corrected chi connectivity index (χ4v) is 2.67. The van der Waals surface area contributed by atoms with Crippen molar-refractivity contribution in [3.8, 4) is 11.3 Å². The quantitative estimate of drug-likeness (QED) is 0.725. The molecule has 112 valence electrons. The maximum absolute atomic E-state index is 11.6. The van der Waals surface area contributed by atoms with Gasteiger partial charge >= 0.3 is 5.97 Å². The molecule has 0 radical (unpaired) electrons. The highest BCUT2D eigenvalue weighted by atomic mass is 16.5. The second-order valence-corrected chi connectivity index (χ2v) is 5.37. The van der Waals surface area contributed by atoms with Crippen LogP contribution in [0, 0.1) is 0 Å². The minimum absolute atomic E-state index is 0.0695. The molecule has 2 aromatic carbocycles. The van der Waals surface area contributed by atoms with E-state index in [0.29, 0.717) is 5.56 Å². The summed E-state index contributed by atoms with van der Waals surface area (Å²) in [6.45, 7) is 1.97. The smallest absolute Gasteiger partial charge is 0.339 e. The van der Waals surface area contributed by atoms with E-state index in [-0.39, 0.29) is 12.0 Å². The number of aromatic amines is 1. The number of methoxy groups -OCH3 is 1. The first kappa shape index (κ1) is 14.4. The summed E-state index contributed by atoms with van der Waals surface area (Å²) in [7, 11) is 1.37. The Morgan fingerprint density at radius 2 is 2.00 bits per heavy atom. The number of aromatic nitrogens is 1. The molecule has 22 heavy (non-hydrogen) atoms. The Bertz CT molecular complexity index is 834. The number of H-pyrrole nitrogens is 1. The van der Waals surface area contributed by atoms with Gasteiger partial charge in [-0.2, -0.15) is 0 Å². The number of carbonyl (C=O) groups is 1. The van der Waals surface area contributed by atoms with Crippen LogP contribution in [0.2, 0.25) is 0 Å². The standard InChI is InChI=1S/C18H18N2O2/c1-11(19)16-8-13(7-12-5-3-4-6-15(12)16)17-9-14(10-20-17)18(21)22-2/h3-11,20H,19H2,1-2H3. The Kier molecular flexibility index (Phi) is 3.69. The number of nitrogens with one attached hydrogen (secondary N) is 1. The van der Waals surface area contributed by atoms with Gasteiger partial charge in [0.2, 0.25) is 0 Å². The molecule has 0 aliphatic carbocycles. The van der Waals surface area contributed by atoms with Gasteiger partial charge in [0.1, 0.15) is 0 Å². The fourth-order valence-electron chi connectivity index (χ4n) is 2.67. The molecule has 0 aliphatic rings. The third-order valence-electron chi connectivity index (χ3n) is 3.80. The van der Waals surface area contributed by atoms with Gasteiger partial charge < -0.3 is 15.5 Å². The van der Waals surface area contributed by atoms with E-state index < -0.39 is 0 Å². The molecule has 4 heteroatoms. The zero-order valence-corrected chi connectivity index (χ0v) is 12.6. The average Bonchev–Trinajstić information content (AvgIpc) is 3.03. The Morgan fingerprint density at radius 1 is 1.23 bits per heavy atom. The predicted molar refractivity (Wildman–Crippen MR) is 87.7 cm³/mol. The largest absolute Gasteiger partial charge is 0.465 e. The molecular formula is C18H18N2O2. The van der Waals surface area contributed by atoms with E-state index in [0.717, 1.165) is 27.6 Å². The van der Waals surface area contributed by atoms with Crippen molar-refractivity contribution >= 4 is 16.7 Å². The van der Waals surface area contributed by atoms with Gasteiger partial charge in [-0.05, 0) is 47.0 Å². The molecule has 0 spiro atoms. The molecule has 1 aromatic heterocycles. The minimum Gasteiger partial charge on any atom is -0.465 e. The molecule has 0 aliphatic heterocycles. The first-order valence-corrected chi connectivity index (χ1v) is 7.15. The highest BCUT2D eigenvalue weighted by molar-refractivity contribution is 5.93. The first-order valence-electron chi connectivity index (χ1n) is 7.15. The third kappa shape index (κ3) is 2.49.